The molecule has 2 unspecified atom stereocenters. The van der Waals surface area contributed by atoms with Crippen LogP contribution in [-0.2, 0) is 35.5 Å². The Labute approximate surface area is 247 Å². The van der Waals surface area contributed by atoms with Crippen molar-refractivity contribution in [3.05, 3.63) is 107 Å². The lowest BCUT2D eigenvalue weighted by Crippen LogP contribution is -2.47. The zero-order valence-electron chi connectivity index (χ0n) is 23.4. The van der Waals surface area contributed by atoms with Crippen LogP contribution in [0.15, 0.2) is 84.9 Å². The second-order valence-electron chi connectivity index (χ2n) is 10.5. The molecule has 0 radical (unpaired) electrons. The van der Waals surface area contributed by atoms with Crippen molar-refractivity contribution >= 4 is 5.91 Å². The Morgan fingerprint density at radius 1 is 0.977 bits per heavy atom. The number of halogens is 3. The Hall–Kier alpha value is -4.62. The summed E-state index contributed by atoms with van der Waals surface area (Å²) in [6, 6.07) is 25.3. The molecule has 0 aliphatic heterocycles. The van der Waals surface area contributed by atoms with Gasteiger partial charge in [-0.2, -0.15) is 23.5 Å². The van der Waals surface area contributed by atoms with Crippen molar-refractivity contribution in [3.8, 4) is 23.1 Å². The molecular formula is C33H31F3N4O3. The molecule has 1 heterocycles. The summed E-state index contributed by atoms with van der Waals surface area (Å²) in [6.07, 6.45) is -0.853. The average molecular weight is 589 g/mol. The number of carbonyl (C=O) groups excluding carboxylic acids is 1. The maximum absolute atomic E-state index is 13.1. The fourth-order valence-electron chi connectivity index (χ4n) is 5.23. The van der Waals surface area contributed by atoms with Crippen molar-refractivity contribution in [1.29, 1.82) is 5.26 Å². The standard InChI is InChI=1S/C33H31F3N4O3/c34-33(35,36)26-16-14-24(15-17-26)28-11-5-4-10-25(28)22-43-32-18-27(19-37)39-40(32)20-31(41)38-29-12-6-7-13-30(29)42-21-23-8-2-1-3-9-23/h1-5,8-11,14-18,29-30H,6-7,12-13,20-22H2,(H,38,41). The lowest BCUT2D eigenvalue weighted by Gasteiger charge is -2.32. The number of aromatic nitrogens is 2. The third-order valence-corrected chi connectivity index (χ3v) is 7.42. The minimum atomic E-state index is -4.42. The summed E-state index contributed by atoms with van der Waals surface area (Å²) in [5.41, 5.74) is 2.48. The molecule has 10 heteroatoms. The third kappa shape index (κ3) is 7.81. The number of alkyl halides is 3. The fourth-order valence-corrected chi connectivity index (χ4v) is 5.23. The number of rotatable bonds is 10. The Morgan fingerprint density at radius 3 is 2.44 bits per heavy atom. The van der Waals surface area contributed by atoms with Crippen LogP contribution in [0.25, 0.3) is 11.1 Å². The normalized spacial score (nSPS) is 16.8. The Kier molecular flexibility index (Phi) is 9.42. The van der Waals surface area contributed by atoms with E-state index in [1.807, 2.05) is 42.5 Å². The van der Waals surface area contributed by atoms with E-state index in [9.17, 15) is 23.2 Å². The topological polar surface area (TPSA) is 89.2 Å². The van der Waals surface area contributed by atoms with Crippen LogP contribution in [0.3, 0.4) is 0 Å². The maximum Gasteiger partial charge on any atom is 0.416 e. The van der Waals surface area contributed by atoms with Gasteiger partial charge in [0.15, 0.2) is 5.69 Å². The van der Waals surface area contributed by atoms with E-state index < -0.39 is 11.7 Å². The van der Waals surface area contributed by atoms with Gasteiger partial charge in [-0.1, -0.05) is 79.6 Å². The molecule has 7 nitrogen and oxygen atoms in total. The van der Waals surface area contributed by atoms with Gasteiger partial charge in [-0.05, 0) is 47.2 Å². The SMILES string of the molecule is N#Cc1cc(OCc2ccccc2-c2ccc(C(F)(F)F)cc2)n(CC(=O)NC2CCCCC2OCc2ccccc2)n1. The number of hydrogen-bond donors (Lipinski definition) is 1. The molecule has 2 atom stereocenters. The highest BCUT2D eigenvalue weighted by molar-refractivity contribution is 5.76. The molecule has 1 saturated carbocycles. The van der Waals surface area contributed by atoms with Gasteiger partial charge in [0.25, 0.3) is 0 Å². The van der Waals surface area contributed by atoms with Gasteiger partial charge in [0.05, 0.1) is 24.3 Å². The summed E-state index contributed by atoms with van der Waals surface area (Å²) in [4.78, 5) is 13.1. The summed E-state index contributed by atoms with van der Waals surface area (Å²) in [5.74, 6) is -0.0442. The largest absolute Gasteiger partial charge is 0.473 e. The van der Waals surface area contributed by atoms with Crippen LogP contribution in [0, 0.1) is 11.3 Å². The van der Waals surface area contributed by atoms with Crippen molar-refractivity contribution in [2.24, 2.45) is 0 Å². The van der Waals surface area contributed by atoms with E-state index in [0.29, 0.717) is 17.7 Å². The summed E-state index contributed by atoms with van der Waals surface area (Å²) >= 11 is 0. The highest BCUT2D eigenvalue weighted by Gasteiger charge is 2.30. The molecule has 0 saturated heterocycles. The van der Waals surface area contributed by atoms with E-state index in [2.05, 4.69) is 10.4 Å². The first-order chi connectivity index (χ1) is 20.8. The molecule has 1 aromatic heterocycles. The molecule has 0 bridgehead atoms. The Balaban J connectivity index is 1.24. The van der Waals surface area contributed by atoms with Crippen molar-refractivity contribution in [1.82, 2.24) is 15.1 Å². The Bertz CT molecular complexity index is 1560. The van der Waals surface area contributed by atoms with E-state index in [1.54, 1.807) is 18.2 Å². The molecule has 1 N–H and O–H groups in total. The van der Waals surface area contributed by atoms with Gasteiger partial charge >= 0.3 is 6.18 Å². The van der Waals surface area contributed by atoms with E-state index in [0.717, 1.165) is 48.9 Å². The number of nitrogens with zero attached hydrogens (tertiary/aromatic N) is 3. The molecule has 5 rings (SSSR count). The molecule has 4 aromatic rings. The number of hydrogen-bond acceptors (Lipinski definition) is 5. The Morgan fingerprint density at radius 2 is 1.70 bits per heavy atom. The molecular weight excluding hydrogens is 557 g/mol. The molecule has 1 aliphatic rings. The first kappa shape index (κ1) is 29.9. The highest BCUT2D eigenvalue weighted by Crippen LogP contribution is 2.32. The van der Waals surface area contributed by atoms with Crippen LogP contribution in [0.5, 0.6) is 5.88 Å². The number of ether oxygens (including phenoxy) is 2. The molecule has 43 heavy (non-hydrogen) atoms. The van der Waals surface area contributed by atoms with Gasteiger partial charge in [0.2, 0.25) is 11.8 Å². The zero-order chi connectivity index (χ0) is 30.2. The minimum Gasteiger partial charge on any atom is -0.473 e. The first-order valence-electron chi connectivity index (χ1n) is 14.1. The summed E-state index contributed by atoms with van der Waals surface area (Å²) in [6.45, 7) is 0.362. The average Bonchev–Trinajstić information content (AvgIpc) is 3.41. The van der Waals surface area contributed by atoms with Gasteiger partial charge in [0, 0.05) is 6.07 Å². The number of nitriles is 1. The first-order valence-corrected chi connectivity index (χ1v) is 14.1. The van der Waals surface area contributed by atoms with Gasteiger partial charge in [-0.3, -0.25) is 4.79 Å². The second-order valence-corrected chi connectivity index (χ2v) is 10.5. The molecule has 1 amide bonds. The van der Waals surface area contributed by atoms with Crippen molar-refractivity contribution in [3.63, 3.8) is 0 Å². The van der Waals surface area contributed by atoms with Crippen LogP contribution in [-0.4, -0.2) is 27.8 Å². The molecule has 222 valence electrons. The molecule has 3 aromatic carbocycles. The molecule has 1 aliphatic carbocycles. The van der Waals surface area contributed by atoms with E-state index in [-0.39, 0.29) is 42.8 Å². The van der Waals surface area contributed by atoms with Crippen molar-refractivity contribution < 1.29 is 27.4 Å². The van der Waals surface area contributed by atoms with Crippen molar-refractivity contribution in [2.75, 3.05) is 0 Å². The quantitative estimate of drug-likeness (QED) is 0.224. The minimum absolute atomic E-state index is 0.0490. The van der Waals surface area contributed by atoms with E-state index in [1.165, 1.54) is 22.9 Å². The smallest absolute Gasteiger partial charge is 0.416 e. The summed E-state index contributed by atoms with van der Waals surface area (Å²) in [7, 11) is 0. The molecule has 0 spiro atoms. The third-order valence-electron chi connectivity index (χ3n) is 7.42. The number of benzene rings is 3. The number of carbonyl (C=O) groups is 1. The molecule has 1 fully saturated rings. The van der Waals surface area contributed by atoms with Gasteiger partial charge in [-0.15, -0.1) is 0 Å². The van der Waals surface area contributed by atoms with Crippen LogP contribution < -0.4 is 10.1 Å². The van der Waals surface area contributed by atoms with E-state index in [4.69, 9.17) is 9.47 Å². The summed E-state index contributed by atoms with van der Waals surface area (Å²) in [5, 5.41) is 16.7. The predicted molar refractivity (Wildman–Crippen MR) is 154 cm³/mol. The zero-order valence-corrected chi connectivity index (χ0v) is 23.4. The van der Waals surface area contributed by atoms with Crippen LogP contribution in [0.2, 0.25) is 0 Å². The lowest BCUT2D eigenvalue weighted by atomic mass is 9.92. The van der Waals surface area contributed by atoms with E-state index >= 15 is 0 Å². The number of nitrogens with one attached hydrogen (secondary N) is 1. The second kappa shape index (κ2) is 13.6. The lowest BCUT2D eigenvalue weighted by molar-refractivity contribution is -0.137. The van der Waals surface area contributed by atoms with Gasteiger partial charge < -0.3 is 14.8 Å². The number of amides is 1. The van der Waals surface area contributed by atoms with Crippen LogP contribution in [0.1, 0.15) is 48.1 Å². The monoisotopic (exact) mass is 588 g/mol. The fraction of sp³-hybridized carbons (Fsp3) is 0.303. The maximum atomic E-state index is 13.1. The van der Waals surface area contributed by atoms with Crippen LogP contribution in [0.4, 0.5) is 13.2 Å². The van der Waals surface area contributed by atoms with Crippen LogP contribution >= 0.6 is 0 Å². The highest BCUT2D eigenvalue weighted by atomic mass is 19.4. The van der Waals surface area contributed by atoms with Gasteiger partial charge in [-0.25, -0.2) is 4.68 Å². The van der Waals surface area contributed by atoms with Crippen molar-refractivity contribution in [2.45, 2.75) is 63.8 Å². The summed E-state index contributed by atoms with van der Waals surface area (Å²) < 4.78 is 52.6. The van der Waals surface area contributed by atoms with Gasteiger partial charge in [0.1, 0.15) is 19.2 Å². The predicted octanol–water partition coefficient (Wildman–Crippen LogP) is 6.66.